The van der Waals surface area contributed by atoms with Crippen LogP contribution < -0.4 is 19.4 Å². The van der Waals surface area contributed by atoms with E-state index in [1.54, 1.807) is 31.4 Å². The summed E-state index contributed by atoms with van der Waals surface area (Å²) in [4.78, 5) is 29.6. The van der Waals surface area contributed by atoms with Crippen molar-refractivity contribution in [3.8, 4) is 5.75 Å². The highest BCUT2D eigenvalue weighted by atomic mass is 35.5. The maximum Gasteiger partial charge on any atom is 0.292 e. The number of nitrogens with one attached hydrogen (secondary N) is 2. The van der Waals surface area contributed by atoms with Crippen molar-refractivity contribution in [2.75, 3.05) is 38.2 Å². The Morgan fingerprint density at radius 2 is 1.66 bits per heavy atom. The fourth-order valence-corrected chi connectivity index (χ4v) is 4.42. The Labute approximate surface area is 175 Å². The predicted octanol–water partition coefficient (Wildman–Crippen LogP) is -0.0359. The number of ether oxygens (including phenoxy) is 1. The normalized spacial score (nSPS) is 24.8. The van der Waals surface area contributed by atoms with Gasteiger partial charge in [-0.1, -0.05) is 23.7 Å². The SMILES string of the molecule is COc1ccc(N2C(=O)C[C@H]([NH+]3CC[NH+](Cc4ccc(Cl)cc4)CC3)C2=O)cc1. The molecule has 0 aromatic heterocycles. The second-order valence-electron chi connectivity index (χ2n) is 7.73. The molecule has 2 amide bonds. The lowest BCUT2D eigenvalue weighted by Gasteiger charge is -2.32. The highest BCUT2D eigenvalue weighted by molar-refractivity contribution is 6.30. The average molecular weight is 416 g/mol. The maximum absolute atomic E-state index is 13.0. The van der Waals surface area contributed by atoms with Crippen LogP contribution in [0.2, 0.25) is 5.02 Å². The van der Waals surface area contributed by atoms with Gasteiger partial charge in [-0.25, -0.2) is 4.90 Å². The van der Waals surface area contributed by atoms with E-state index in [2.05, 4.69) is 12.1 Å². The van der Waals surface area contributed by atoms with Crippen molar-refractivity contribution in [1.29, 1.82) is 0 Å². The summed E-state index contributed by atoms with van der Waals surface area (Å²) in [5, 5.41) is 0.754. The molecule has 2 fully saturated rings. The zero-order valence-electron chi connectivity index (χ0n) is 16.5. The number of rotatable bonds is 5. The first-order valence-electron chi connectivity index (χ1n) is 9.98. The molecule has 2 aliphatic rings. The Hall–Kier alpha value is -2.41. The second kappa shape index (κ2) is 8.53. The number of hydrogen-bond donors (Lipinski definition) is 2. The van der Waals surface area contributed by atoms with Gasteiger partial charge in [0.05, 0.1) is 19.2 Å². The maximum atomic E-state index is 13.0. The highest BCUT2D eigenvalue weighted by Gasteiger charge is 2.46. The number of methoxy groups -OCH3 is 1. The Kier molecular flexibility index (Phi) is 5.85. The summed E-state index contributed by atoms with van der Waals surface area (Å²) in [5.41, 5.74) is 1.89. The molecule has 2 saturated heterocycles. The van der Waals surface area contributed by atoms with Crippen molar-refractivity contribution >= 4 is 29.1 Å². The van der Waals surface area contributed by atoms with E-state index in [4.69, 9.17) is 16.3 Å². The molecule has 2 aromatic carbocycles. The lowest BCUT2D eigenvalue weighted by Crippen LogP contribution is -3.29. The molecule has 29 heavy (non-hydrogen) atoms. The third-order valence-corrected chi connectivity index (χ3v) is 6.19. The zero-order chi connectivity index (χ0) is 20.4. The number of carbonyl (C=O) groups excluding carboxylic acids is 2. The zero-order valence-corrected chi connectivity index (χ0v) is 17.2. The monoisotopic (exact) mass is 415 g/mol. The number of imide groups is 1. The minimum atomic E-state index is -0.276. The number of amides is 2. The first-order chi connectivity index (χ1) is 14.0. The lowest BCUT2D eigenvalue weighted by atomic mass is 10.1. The van der Waals surface area contributed by atoms with Crippen LogP contribution in [-0.4, -0.2) is 51.1 Å². The fraction of sp³-hybridized carbons (Fsp3) is 0.364. The summed E-state index contributed by atoms with van der Waals surface area (Å²) in [5.74, 6) is 0.500. The van der Waals surface area contributed by atoms with E-state index in [1.807, 2.05) is 12.1 Å². The first kappa shape index (κ1) is 19.9. The molecule has 6 nitrogen and oxygen atoms in total. The topological polar surface area (TPSA) is 55.5 Å². The van der Waals surface area contributed by atoms with E-state index in [1.165, 1.54) is 20.3 Å². The Bertz CT molecular complexity index is 877. The predicted molar refractivity (Wildman–Crippen MR) is 110 cm³/mol. The molecule has 0 unspecified atom stereocenters. The van der Waals surface area contributed by atoms with E-state index in [0.29, 0.717) is 11.4 Å². The van der Waals surface area contributed by atoms with Crippen LogP contribution in [0.4, 0.5) is 5.69 Å². The summed E-state index contributed by atoms with van der Waals surface area (Å²) < 4.78 is 5.16. The van der Waals surface area contributed by atoms with Crippen LogP contribution in [0.5, 0.6) is 5.75 Å². The van der Waals surface area contributed by atoms with Gasteiger partial charge in [0.25, 0.3) is 5.91 Å². The molecule has 1 atom stereocenters. The molecule has 0 saturated carbocycles. The molecular formula is C22H26ClN3O3+2. The highest BCUT2D eigenvalue weighted by Crippen LogP contribution is 2.24. The Morgan fingerprint density at radius 3 is 2.28 bits per heavy atom. The van der Waals surface area contributed by atoms with Gasteiger partial charge in [0.1, 0.15) is 38.5 Å². The molecule has 2 aromatic rings. The van der Waals surface area contributed by atoms with Gasteiger partial charge in [-0.05, 0) is 36.4 Å². The van der Waals surface area contributed by atoms with Crippen LogP contribution in [0.3, 0.4) is 0 Å². The molecular weight excluding hydrogens is 390 g/mol. The first-order valence-corrected chi connectivity index (χ1v) is 10.4. The van der Waals surface area contributed by atoms with Crippen molar-refractivity contribution in [3.05, 3.63) is 59.1 Å². The molecule has 152 valence electrons. The molecule has 2 aliphatic heterocycles. The van der Waals surface area contributed by atoms with E-state index in [-0.39, 0.29) is 24.3 Å². The van der Waals surface area contributed by atoms with Crippen molar-refractivity contribution in [2.24, 2.45) is 0 Å². The van der Waals surface area contributed by atoms with Gasteiger partial charge in [0.15, 0.2) is 6.04 Å². The smallest absolute Gasteiger partial charge is 0.292 e. The van der Waals surface area contributed by atoms with Gasteiger partial charge >= 0.3 is 0 Å². The number of anilines is 1. The number of hydrogen-bond acceptors (Lipinski definition) is 3. The Balaban J connectivity index is 1.36. The van der Waals surface area contributed by atoms with Crippen molar-refractivity contribution in [2.45, 2.75) is 19.0 Å². The number of nitrogens with zero attached hydrogens (tertiary/aromatic N) is 1. The molecule has 0 bridgehead atoms. The minimum Gasteiger partial charge on any atom is -0.497 e. The number of halogens is 1. The van der Waals surface area contributed by atoms with Crippen LogP contribution in [0.15, 0.2) is 48.5 Å². The van der Waals surface area contributed by atoms with Gasteiger partial charge in [0, 0.05) is 10.6 Å². The summed E-state index contributed by atoms with van der Waals surface area (Å²) in [6.45, 7) is 4.71. The largest absolute Gasteiger partial charge is 0.497 e. The van der Waals surface area contributed by atoms with Crippen LogP contribution in [0, 0.1) is 0 Å². The second-order valence-corrected chi connectivity index (χ2v) is 8.17. The van der Waals surface area contributed by atoms with E-state index < -0.39 is 0 Å². The van der Waals surface area contributed by atoms with Gasteiger partial charge in [-0.15, -0.1) is 0 Å². The van der Waals surface area contributed by atoms with Crippen LogP contribution in [0.25, 0.3) is 0 Å². The minimum absolute atomic E-state index is 0.0867. The standard InChI is InChI=1S/C22H24ClN3O3/c1-29-19-8-6-18(7-9-19)26-21(27)14-20(22(26)28)25-12-10-24(11-13-25)15-16-2-4-17(23)5-3-16/h2-9,20H,10-15H2,1H3/p+2/t20-/m0/s1. The van der Waals surface area contributed by atoms with Crippen LogP contribution in [0.1, 0.15) is 12.0 Å². The number of piperazine rings is 1. The van der Waals surface area contributed by atoms with Gasteiger partial charge in [-0.3, -0.25) is 9.59 Å². The number of quaternary nitrogens is 2. The molecule has 2 heterocycles. The average Bonchev–Trinajstić information content (AvgIpc) is 3.04. The third kappa shape index (κ3) is 4.29. The summed E-state index contributed by atoms with van der Waals surface area (Å²) in [7, 11) is 1.59. The van der Waals surface area contributed by atoms with Gasteiger partial charge in [0.2, 0.25) is 5.91 Å². The van der Waals surface area contributed by atoms with Crippen molar-refractivity contribution < 1.29 is 24.1 Å². The van der Waals surface area contributed by atoms with Gasteiger partial charge in [-0.2, -0.15) is 0 Å². The molecule has 0 spiro atoms. The molecule has 7 heteroatoms. The third-order valence-electron chi connectivity index (χ3n) is 5.94. The molecule has 2 N–H and O–H groups in total. The number of carbonyl (C=O) groups is 2. The van der Waals surface area contributed by atoms with Crippen LogP contribution >= 0.6 is 11.6 Å². The van der Waals surface area contributed by atoms with E-state index in [0.717, 1.165) is 37.7 Å². The summed E-state index contributed by atoms with van der Waals surface area (Å²) in [6.07, 6.45) is 0.284. The lowest BCUT2D eigenvalue weighted by molar-refractivity contribution is -1.02. The molecule has 0 aliphatic carbocycles. The summed E-state index contributed by atoms with van der Waals surface area (Å²) in [6, 6.07) is 14.8. The fourth-order valence-electron chi connectivity index (χ4n) is 4.29. The van der Waals surface area contributed by atoms with Crippen molar-refractivity contribution in [3.63, 3.8) is 0 Å². The van der Waals surface area contributed by atoms with E-state index in [9.17, 15) is 9.59 Å². The van der Waals surface area contributed by atoms with Gasteiger partial charge < -0.3 is 14.5 Å². The van der Waals surface area contributed by atoms with E-state index >= 15 is 0 Å². The number of benzene rings is 2. The quantitative estimate of drug-likeness (QED) is 0.674. The van der Waals surface area contributed by atoms with Crippen molar-refractivity contribution in [1.82, 2.24) is 0 Å². The molecule has 4 rings (SSSR count). The molecule has 0 radical (unpaired) electrons. The Morgan fingerprint density at radius 1 is 1.00 bits per heavy atom. The summed E-state index contributed by atoms with van der Waals surface area (Å²) >= 11 is 5.96. The van der Waals surface area contributed by atoms with Crippen LogP contribution in [-0.2, 0) is 16.1 Å².